The van der Waals surface area contributed by atoms with E-state index in [1.165, 1.54) is 36.9 Å². The molecule has 2 aromatic rings. The Morgan fingerprint density at radius 2 is 1.45 bits per heavy atom. The minimum Gasteiger partial charge on any atom is -0.462 e. The molecule has 1 nitrogen and oxygen atoms in total. The molecule has 3 rings (SSSR count). The van der Waals surface area contributed by atoms with E-state index in [2.05, 4.69) is 13.8 Å². The molecule has 33 heavy (non-hydrogen) atoms. The van der Waals surface area contributed by atoms with E-state index in [0.29, 0.717) is 11.5 Å². The van der Waals surface area contributed by atoms with E-state index in [-0.39, 0.29) is 22.8 Å². The first-order valence-corrected chi connectivity index (χ1v) is 12.3. The molecule has 0 atom stereocenters. The Morgan fingerprint density at radius 3 is 2.12 bits per heavy atom. The second-order valence-electron chi connectivity index (χ2n) is 9.06. The van der Waals surface area contributed by atoms with Crippen molar-refractivity contribution >= 4 is 0 Å². The van der Waals surface area contributed by atoms with Gasteiger partial charge in [-0.3, -0.25) is 0 Å². The highest BCUT2D eigenvalue weighted by Gasteiger charge is 2.27. The monoisotopic (exact) mass is 462 g/mol. The lowest BCUT2D eigenvalue weighted by atomic mass is 9.77. The van der Waals surface area contributed by atoms with E-state index in [1.54, 1.807) is 6.08 Å². The van der Waals surface area contributed by atoms with Crippen LogP contribution >= 0.6 is 0 Å². The summed E-state index contributed by atoms with van der Waals surface area (Å²) in [4.78, 5) is 0. The zero-order valence-electron chi connectivity index (χ0n) is 19.6. The fourth-order valence-electron chi connectivity index (χ4n) is 4.79. The van der Waals surface area contributed by atoms with Crippen molar-refractivity contribution in [1.29, 1.82) is 0 Å². The lowest BCUT2D eigenvalue weighted by molar-refractivity contribution is 0.303. The summed E-state index contributed by atoms with van der Waals surface area (Å²) in [5.41, 5.74) is -0.268. The highest BCUT2D eigenvalue weighted by atomic mass is 19.2. The molecule has 0 unspecified atom stereocenters. The van der Waals surface area contributed by atoms with Crippen LogP contribution in [0.4, 0.5) is 17.6 Å². The average Bonchev–Trinajstić information content (AvgIpc) is 2.82. The van der Waals surface area contributed by atoms with Gasteiger partial charge in [-0.2, -0.15) is 4.39 Å². The topological polar surface area (TPSA) is 9.23 Å². The summed E-state index contributed by atoms with van der Waals surface area (Å²) in [6, 6.07) is 5.35. The molecule has 0 heterocycles. The molecule has 0 spiro atoms. The first-order valence-electron chi connectivity index (χ1n) is 12.3. The predicted octanol–water partition coefficient (Wildman–Crippen LogP) is 9.46. The molecule has 0 N–H and O–H groups in total. The van der Waals surface area contributed by atoms with Crippen molar-refractivity contribution in [2.24, 2.45) is 5.92 Å². The van der Waals surface area contributed by atoms with Crippen molar-refractivity contribution in [3.8, 4) is 16.9 Å². The minimum absolute atomic E-state index is 0.0388. The third-order valence-electron chi connectivity index (χ3n) is 6.70. The summed E-state index contributed by atoms with van der Waals surface area (Å²) in [5, 5.41) is 0. The van der Waals surface area contributed by atoms with E-state index in [4.69, 9.17) is 4.74 Å². The van der Waals surface area contributed by atoms with Gasteiger partial charge in [-0.05, 0) is 74.1 Å². The van der Waals surface area contributed by atoms with Gasteiger partial charge in [-0.1, -0.05) is 51.7 Å². The van der Waals surface area contributed by atoms with E-state index >= 15 is 0 Å². The zero-order chi connectivity index (χ0) is 23.8. The molecule has 0 radical (unpaired) electrons. The average molecular weight is 463 g/mol. The molecule has 2 aromatic carbocycles. The second-order valence-corrected chi connectivity index (χ2v) is 9.06. The van der Waals surface area contributed by atoms with Crippen molar-refractivity contribution < 1.29 is 22.3 Å². The van der Waals surface area contributed by atoms with Gasteiger partial charge in [-0.25, -0.2) is 13.2 Å². The van der Waals surface area contributed by atoms with Crippen LogP contribution in [0.15, 0.2) is 36.6 Å². The van der Waals surface area contributed by atoms with E-state index < -0.39 is 23.3 Å². The highest BCUT2D eigenvalue weighted by molar-refractivity contribution is 5.66. The normalized spacial score (nSPS) is 18.7. The van der Waals surface area contributed by atoms with Crippen LogP contribution in [0.2, 0.25) is 0 Å². The van der Waals surface area contributed by atoms with E-state index in [9.17, 15) is 17.6 Å². The van der Waals surface area contributed by atoms with Crippen molar-refractivity contribution in [2.45, 2.75) is 84.0 Å². The van der Waals surface area contributed by atoms with Crippen molar-refractivity contribution in [3.63, 3.8) is 0 Å². The molecule has 0 bridgehead atoms. The van der Waals surface area contributed by atoms with Gasteiger partial charge in [0.15, 0.2) is 23.2 Å². The highest BCUT2D eigenvalue weighted by Crippen LogP contribution is 2.40. The Kier molecular flexibility index (Phi) is 9.40. The van der Waals surface area contributed by atoms with Gasteiger partial charge in [0, 0.05) is 11.1 Å². The smallest absolute Gasteiger partial charge is 0.201 e. The van der Waals surface area contributed by atoms with Crippen LogP contribution in [-0.2, 0) is 0 Å². The molecule has 180 valence electrons. The molecular weight excluding hydrogens is 428 g/mol. The van der Waals surface area contributed by atoms with Gasteiger partial charge in [0.2, 0.25) is 5.82 Å². The number of halogens is 4. The fraction of sp³-hybridized carbons (Fsp3) is 0.500. The fourth-order valence-corrected chi connectivity index (χ4v) is 4.79. The summed E-state index contributed by atoms with van der Waals surface area (Å²) in [5.74, 6) is -4.23. The first-order chi connectivity index (χ1) is 16.0. The molecule has 1 aliphatic rings. The predicted molar refractivity (Wildman–Crippen MR) is 125 cm³/mol. The van der Waals surface area contributed by atoms with Crippen LogP contribution in [0.25, 0.3) is 11.1 Å². The molecule has 1 fully saturated rings. The molecular formula is C28H34F4O. The first kappa shape index (κ1) is 25.3. The summed E-state index contributed by atoms with van der Waals surface area (Å²) < 4.78 is 64.4. The summed E-state index contributed by atoms with van der Waals surface area (Å²) in [6.45, 7) is 4.26. The SMILES string of the molecule is CCCCCC=COc1ccc(-c2ccc(C3CCC(CCC)CC3)c(F)c2F)c(F)c1F. The van der Waals surface area contributed by atoms with Crippen LogP contribution in [0.5, 0.6) is 5.75 Å². The van der Waals surface area contributed by atoms with Gasteiger partial charge in [0.05, 0.1) is 6.26 Å². The van der Waals surface area contributed by atoms with Gasteiger partial charge >= 0.3 is 0 Å². The number of allylic oxidation sites excluding steroid dienone is 1. The second kappa shape index (κ2) is 12.2. The Balaban J connectivity index is 1.75. The van der Waals surface area contributed by atoms with Gasteiger partial charge in [0.25, 0.3) is 0 Å². The van der Waals surface area contributed by atoms with E-state index in [0.717, 1.165) is 57.8 Å². The standard InChI is InChI=1S/C28H34F4O/c1-3-5-6-7-8-18-33-24-17-16-23(27(31)28(24)32)22-15-14-21(25(29)26(22)30)20-12-10-19(9-4-2)11-13-20/h8,14-20H,3-7,9-13H2,1-2H3. The van der Waals surface area contributed by atoms with Crippen LogP contribution < -0.4 is 4.74 Å². The number of hydrogen-bond donors (Lipinski definition) is 0. The quantitative estimate of drug-likeness (QED) is 0.194. The van der Waals surface area contributed by atoms with Crippen molar-refractivity contribution in [1.82, 2.24) is 0 Å². The van der Waals surface area contributed by atoms with Crippen molar-refractivity contribution in [3.05, 3.63) is 65.4 Å². The Bertz CT molecular complexity index is 945. The van der Waals surface area contributed by atoms with Crippen molar-refractivity contribution in [2.75, 3.05) is 0 Å². The lowest BCUT2D eigenvalue weighted by Crippen LogP contribution is -2.15. The molecule has 0 amide bonds. The Morgan fingerprint density at radius 1 is 0.788 bits per heavy atom. The third-order valence-corrected chi connectivity index (χ3v) is 6.70. The summed E-state index contributed by atoms with van der Waals surface area (Å²) in [7, 11) is 0. The van der Waals surface area contributed by atoms with Crippen LogP contribution in [0, 0.1) is 29.2 Å². The number of rotatable bonds is 10. The number of benzene rings is 2. The Labute approximate surface area is 194 Å². The largest absolute Gasteiger partial charge is 0.462 e. The molecule has 0 aromatic heterocycles. The zero-order valence-corrected chi connectivity index (χ0v) is 19.6. The van der Waals surface area contributed by atoms with Crippen LogP contribution in [0.3, 0.4) is 0 Å². The molecule has 1 aliphatic carbocycles. The number of unbranched alkanes of at least 4 members (excludes halogenated alkanes) is 3. The maximum Gasteiger partial charge on any atom is 0.201 e. The van der Waals surface area contributed by atoms with Gasteiger partial charge in [0.1, 0.15) is 0 Å². The molecule has 5 heteroatoms. The maximum atomic E-state index is 15.0. The maximum absolute atomic E-state index is 15.0. The van der Waals surface area contributed by atoms with E-state index in [1.807, 2.05) is 0 Å². The summed E-state index contributed by atoms with van der Waals surface area (Å²) >= 11 is 0. The van der Waals surface area contributed by atoms with Gasteiger partial charge < -0.3 is 4.74 Å². The third kappa shape index (κ3) is 6.18. The Hall–Kier alpha value is -2.30. The number of ether oxygens (including phenoxy) is 1. The van der Waals surface area contributed by atoms with Crippen LogP contribution in [-0.4, -0.2) is 0 Å². The molecule has 0 saturated heterocycles. The van der Waals surface area contributed by atoms with Crippen LogP contribution in [0.1, 0.15) is 89.5 Å². The minimum atomic E-state index is -1.25. The van der Waals surface area contributed by atoms with Gasteiger partial charge in [-0.15, -0.1) is 0 Å². The lowest BCUT2D eigenvalue weighted by Gasteiger charge is -2.29. The molecule has 0 aliphatic heterocycles. The molecule has 1 saturated carbocycles. The summed E-state index contributed by atoms with van der Waals surface area (Å²) in [6.07, 6.45) is 13.0. The number of hydrogen-bond acceptors (Lipinski definition) is 1.